The lowest BCUT2D eigenvalue weighted by Crippen LogP contribution is -2.27. The molecular formula is C19H23FN2O2. The Bertz CT molecular complexity index is 617. The van der Waals surface area contributed by atoms with Crippen molar-refractivity contribution in [2.45, 2.75) is 32.2 Å². The van der Waals surface area contributed by atoms with Crippen LogP contribution in [0.2, 0.25) is 0 Å². The SMILES string of the molecule is O=C(O)CCCCN(CCc1ccccn1)Cc1ccc(F)cc1. The van der Waals surface area contributed by atoms with Gasteiger partial charge in [0.2, 0.25) is 0 Å². The van der Waals surface area contributed by atoms with Crippen molar-refractivity contribution in [3.05, 3.63) is 65.7 Å². The summed E-state index contributed by atoms with van der Waals surface area (Å²) in [5.74, 6) is -0.992. The Balaban J connectivity index is 1.89. The fourth-order valence-corrected chi connectivity index (χ4v) is 2.55. The number of carboxylic acids is 1. The molecule has 0 aliphatic rings. The summed E-state index contributed by atoms with van der Waals surface area (Å²) in [6.45, 7) is 2.37. The van der Waals surface area contributed by atoms with Gasteiger partial charge in [-0.15, -0.1) is 0 Å². The summed E-state index contributed by atoms with van der Waals surface area (Å²) in [4.78, 5) is 17.2. The average Bonchev–Trinajstić information content (AvgIpc) is 2.59. The van der Waals surface area contributed by atoms with Crippen LogP contribution in [0.4, 0.5) is 4.39 Å². The number of aromatic nitrogens is 1. The maximum absolute atomic E-state index is 13.0. The molecule has 1 aromatic carbocycles. The number of carboxylic acid groups (broad SMARTS) is 1. The summed E-state index contributed by atoms with van der Waals surface area (Å²) in [7, 11) is 0. The normalized spacial score (nSPS) is 10.9. The van der Waals surface area contributed by atoms with Crippen LogP contribution < -0.4 is 0 Å². The summed E-state index contributed by atoms with van der Waals surface area (Å²) < 4.78 is 13.0. The summed E-state index contributed by atoms with van der Waals surface area (Å²) in [5, 5.41) is 8.73. The third-order valence-corrected chi connectivity index (χ3v) is 3.84. The zero-order chi connectivity index (χ0) is 17.2. The maximum Gasteiger partial charge on any atom is 0.303 e. The molecule has 2 rings (SSSR count). The van der Waals surface area contributed by atoms with Crippen molar-refractivity contribution in [2.24, 2.45) is 0 Å². The third kappa shape index (κ3) is 6.87. The van der Waals surface area contributed by atoms with Crippen molar-refractivity contribution >= 4 is 5.97 Å². The van der Waals surface area contributed by atoms with E-state index in [1.165, 1.54) is 12.1 Å². The molecule has 0 saturated carbocycles. The number of pyridine rings is 1. The first-order valence-electron chi connectivity index (χ1n) is 8.22. The molecule has 0 aliphatic carbocycles. The van der Waals surface area contributed by atoms with Crippen LogP contribution in [0, 0.1) is 5.82 Å². The summed E-state index contributed by atoms with van der Waals surface area (Å²) in [6, 6.07) is 12.4. The second-order valence-corrected chi connectivity index (χ2v) is 5.82. The van der Waals surface area contributed by atoms with Crippen LogP contribution in [0.1, 0.15) is 30.5 Å². The van der Waals surface area contributed by atoms with E-state index >= 15 is 0 Å². The van der Waals surface area contributed by atoms with E-state index in [1.807, 2.05) is 18.2 Å². The van der Waals surface area contributed by atoms with Gasteiger partial charge in [-0.1, -0.05) is 18.2 Å². The minimum atomic E-state index is -0.756. The maximum atomic E-state index is 13.0. The number of nitrogens with zero attached hydrogens (tertiary/aromatic N) is 2. The fourth-order valence-electron chi connectivity index (χ4n) is 2.55. The first-order chi connectivity index (χ1) is 11.6. The highest BCUT2D eigenvalue weighted by Crippen LogP contribution is 2.10. The van der Waals surface area contributed by atoms with Crippen LogP contribution in [0.15, 0.2) is 48.7 Å². The van der Waals surface area contributed by atoms with Crippen molar-refractivity contribution in [1.82, 2.24) is 9.88 Å². The minimum absolute atomic E-state index is 0.199. The average molecular weight is 330 g/mol. The van der Waals surface area contributed by atoms with Gasteiger partial charge in [0.25, 0.3) is 0 Å². The van der Waals surface area contributed by atoms with Crippen LogP contribution in [0.5, 0.6) is 0 Å². The lowest BCUT2D eigenvalue weighted by Gasteiger charge is -2.22. The van der Waals surface area contributed by atoms with Crippen LogP contribution >= 0.6 is 0 Å². The van der Waals surface area contributed by atoms with E-state index in [9.17, 15) is 9.18 Å². The summed E-state index contributed by atoms with van der Waals surface area (Å²) in [6.07, 6.45) is 4.31. The van der Waals surface area contributed by atoms with E-state index in [-0.39, 0.29) is 12.2 Å². The Morgan fingerprint density at radius 1 is 1.08 bits per heavy atom. The number of hydrogen-bond donors (Lipinski definition) is 1. The van der Waals surface area contributed by atoms with Crippen LogP contribution in [-0.4, -0.2) is 34.0 Å². The van der Waals surface area contributed by atoms with Crippen LogP contribution in [-0.2, 0) is 17.8 Å². The zero-order valence-corrected chi connectivity index (χ0v) is 13.7. The highest BCUT2D eigenvalue weighted by atomic mass is 19.1. The van der Waals surface area contributed by atoms with Crippen molar-refractivity contribution in [2.75, 3.05) is 13.1 Å². The number of unbranched alkanes of at least 4 members (excludes halogenated alkanes) is 1. The Labute approximate surface area is 142 Å². The molecule has 1 heterocycles. The van der Waals surface area contributed by atoms with Crippen LogP contribution in [0.25, 0.3) is 0 Å². The summed E-state index contributed by atoms with van der Waals surface area (Å²) >= 11 is 0. The molecule has 0 radical (unpaired) electrons. The minimum Gasteiger partial charge on any atom is -0.481 e. The smallest absolute Gasteiger partial charge is 0.303 e. The standard InChI is InChI=1S/C19H23FN2O2/c20-17-9-7-16(8-10-17)15-22(13-4-2-6-19(23)24)14-11-18-5-1-3-12-21-18/h1,3,5,7-10,12H,2,4,6,11,13-15H2,(H,23,24). The Kier molecular flexibility index (Phi) is 7.36. The van der Waals surface area contributed by atoms with E-state index in [0.29, 0.717) is 6.42 Å². The molecule has 128 valence electrons. The van der Waals surface area contributed by atoms with Gasteiger partial charge in [0.15, 0.2) is 0 Å². The third-order valence-electron chi connectivity index (χ3n) is 3.84. The Hall–Kier alpha value is -2.27. The number of hydrogen-bond acceptors (Lipinski definition) is 3. The Morgan fingerprint density at radius 3 is 2.54 bits per heavy atom. The molecule has 0 spiro atoms. The molecule has 1 aromatic heterocycles. The zero-order valence-electron chi connectivity index (χ0n) is 13.7. The molecule has 4 nitrogen and oxygen atoms in total. The van der Waals surface area contributed by atoms with Gasteiger partial charge in [-0.2, -0.15) is 0 Å². The van der Waals surface area contributed by atoms with Crippen molar-refractivity contribution < 1.29 is 14.3 Å². The lowest BCUT2D eigenvalue weighted by molar-refractivity contribution is -0.137. The predicted octanol–water partition coefficient (Wildman–Crippen LogP) is 3.52. The fraction of sp³-hybridized carbons (Fsp3) is 0.368. The molecule has 5 heteroatoms. The first kappa shape index (κ1) is 18.1. The highest BCUT2D eigenvalue weighted by molar-refractivity contribution is 5.66. The summed E-state index contributed by atoms with van der Waals surface area (Å²) in [5.41, 5.74) is 2.09. The molecule has 0 atom stereocenters. The number of benzene rings is 1. The molecule has 0 bridgehead atoms. The van der Waals surface area contributed by atoms with Gasteiger partial charge >= 0.3 is 5.97 Å². The molecule has 24 heavy (non-hydrogen) atoms. The van der Waals surface area contributed by atoms with Gasteiger partial charge in [-0.25, -0.2) is 4.39 Å². The van der Waals surface area contributed by atoms with E-state index in [2.05, 4.69) is 9.88 Å². The van der Waals surface area contributed by atoms with Gasteiger partial charge in [0, 0.05) is 37.8 Å². The molecule has 0 saturated heterocycles. The van der Waals surface area contributed by atoms with Gasteiger partial charge in [0.1, 0.15) is 5.82 Å². The number of halogens is 1. The van der Waals surface area contributed by atoms with Gasteiger partial charge < -0.3 is 5.11 Å². The Morgan fingerprint density at radius 2 is 1.88 bits per heavy atom. The van der Waals surface area contributed by atoms with Crippen molar-refractivity contribution in [3.63, 3.8) is 0 Å². The van der Waals surface area contributed by atoms with Gasteiger partial charge in [-0.05, 0) is 49.2 Å². The monoisotopic (exact) mass is 330 g/mol. The van der Waals surface area contributed by atoms with E-state index in [1.54, 1.807) is 18.3 Å². The number of aliphatic carboxylic acids is 1. The van der Waals surface area contributed by atoms with Gasteiger partial charge in [-0.3, -0.25) is 14.7 Å². The van der Waals surface area contributed by atoms with Crippen molar-refractivity contribution in [1.29, 1.82) is 0 Å². The second kappa shape index (κ2) is 9.78. The number of carbonyl (C=O) groups is 1. The largest absolute Gasteiger partial charge is 0.481 e. The van der Waals surface area contributed by atoms with E-state index in [4.69, 9.17) is 5.11 Å². The molecule has 2 aromatic rings. The molecule has 0 amide bonds. The molecule has 1 N–H and O–H groups in total. The van der Waals surface area contributed by atoms with Crippen molar-refractivity contribution in [3.8, 4) is 0 Å². The quantitative estimate of drug-likeness (QED) is 0.677. The lowest BCUT2D eigenvalue weighted by atomic mass is 10.1. The predicted molar refractivity (Wildman–Crippen MR) is 91.1 cm³/mol. The molecular weight excluding hydrogens is 307 g/mol. The topological polar surface area (TPSA) is 53.4 Å². The van der Waals surface area contributed by atoms with E-state index in [0.717, 1.165) is 43.7 Å². The first-order valence-corrected chi connectivity index (χ1v) is 8.22. The number of rotatable bonds is 10. The second-order valence-electron chi connectivity index (χ2n) is 5.82. The van der Waals surface area contributed by atoms with Crippen LogP contribution in [0.3, 0.4) is 0 Å². The van der Waals surface area contributed by atoms with E-state index < -0.39 is 5.97 Å². The molecule has 0 unspecified atom stereocenters. The molecule has 0 fully saturated rings. The van der Waals surface area contributed by atoms with Gasteiger partial charge in [0.05, 0.1) is 0 Å². The highest BCUT2D eigenvalue weighted by Gasteiger charge is 2.08. The molecule has 0 aliphatic heterocycles.